The van der Waals surface area contributed by atoms with Crippen molar-refractivity contribution in [2.75, 3.05) is 20.1 Å². The van der Waals surface area contributed by atoms with Gasteiger partial charge in [-0.25, -0.2) is 0 Å². The Balaban J connectivity index is 3.37. The summed E-state index contributed by atoms with van der Waals surface area (Å²) in [6, 6.07) is 0. The molecule has 0 heterocycles. The monoisotopic (exact) mass is 155 g/mol. The van der Waals surface area contributed by atoms with Gasteiger partial charge in [0, 0.05) is 6.54 Å². The van der Waals surface area contributed by atoms with Gasteiger partial charge in [0.1, 0.15) is 0 Å². The van der Waals surface area contributed by atoms with E-state index >= 15 is 0 Å². The zero-order valence-corrected chi connectivity index (χ0v) is 8.35. The van der Waals surface area contributed by atoms with Crippen LogP contribution in [-0.2, 0) is 0 Å². The SMILES string of the molecule is CC=C(C)CCN(C)CCC. The van der Waals surface area contributed by atoms with Crippen molar-refractivity contribution in [2.24, 2.45) is 0 Å². The van der Waals surface area contributed by atoms with Crippen molar-refractivity contribution in [3.8, 4) is 0 Å². The minimum atomic E-state index is 1.20. The van der Waals surface area contributed by atoms with E-state index < -0.39 is 0 Å². The fraction of sp³-hybridized carbons (Fsp3) is 0.800. The average molecular weight is 155 g/mol. The molecule has 0 aromatic rings. The van der Waals surface area contributed by atoms with Crippen LogP contribution in [0.25, 0.3) is 0 Å². The summed E-state index contributed by atoms with van der Waals surface area (Å²) in [4.78, 5) is 2.38. The van der Waals surface area contributed by atoms with Crippen LogP contribution in [0.4, 0.5) is 0 Å². The summed E-state index contributed by atoms with van der Waals surface area (Å²) in [5, 5.41) is 0. The van der Waals surface area contributed by atoms with Gasteiger partial charge in [-0.1, -0.05) is 18.6 Å². The first kappa shape index (κ1) is 10.7. The van der Waals surface area contributed by atoms with Gasteiger partial charge in [0.2, 0.25) is 0 Å². The lowest BCUT2D eigenvalue weighted by Crippen LogP contribution is -2.20. The quantitative estimate of drug-likeness (QED) is 0.552. The van der Waals surface area contributed by atoms with Crippen LogP contribution >= 0.6 is 0 Å². The van der Waals surface area contributed by atoms with E-state index in [2.05, 4.69) is 38.8 Å². The van der Waals surface area contributed by atoms with Gasteiger partial charge in [-0.3, -0.25) is 0 Å². The highest BCUT2D eigenvalue weighted by molar-refractivity contribution is 4.95. The molecule has 0 saturated heterocycles. The van der Waals surface area contributed by atoms with Gasteiger partial charge in [-0.15, -0.1) is 0 Å². The number of allylic oxidation sites excluding steroid dienone is 1. The van der Waals surface area contributed by atoms with Crippen LogP contribution in [0.5, 0.6) is 0 Å². The summed E-state index contributed by atoms with van der Waals surface area (Å²) in [5.74, 6) is 0. The summed E-state index contributed by atoms with van der Waals surface area (Å²) in [5.41, 5.74) is 1.49. The molecular formula is C10H21N. The third-order valence-electron chi connectivity index (χ3n) is 1.99. The summed E-state index contributed by atoms with van der Waals surface area (Å²) in [6.07, 6.45) is 4.66. The number of nitrogens with zero attached hydrogens (tertiary/aromatic N) is 1. The third kappa shape index (κ3) is 6.11. The molecule has 0 aliphatic carbocycles. The third-order valence-corrected chi connectivity index (χ3v) is 1.99. The summed E-state index contributed by atoms with van der Waals surface area (Å²) < 4.78 is 0. The molecule has 0 aliphatic rings. The van der Waals surface area contributed by atoms with Crippen molar-refractivity contribution in [3.05, 3.63) is 11.6 Å². The van der Waals surface area contributed by atoms with Crippen LogP contribution in [0, 0.1) is 0 Å². The van der Waals surface area contributed by atoms with Crippen LogP contribution < -0.4 is 0 Å². The second-order valence-corrected chi connectivity index (χ2v) is 3.19. The topological polar surface area (TPSA) is 3.24 Å². The van der Waals surface area contributed by atoms with E-state index in [1.54, 1.807) is 0 Å². The molecule has 0 radical (unpaired) electrons. The van der Waals surface area contributed by atoms with Crippen LogP contribution in [0.15, 0.2) is 11.6 Å². The van der Waals surface area contributed by atoms with Crippen molar-refractivity contribution in [3.63, 3.8) is 0 Å². The Bertz CT molecular complexity index is 116. The lowest BCUT2D eigenvalue weighted by molar-refractivity contribution is 0.339. The van der Waals surface area contributed by atoms with Crippen molar-refractivity contribution < 1.29 is 0 Å². The highest BCUT2D eigenvalue weighted by Crippen LogP contribution is 2.00. The Labute approximate surface area is 71.1 Å². The number of hydrogen-bond acceptors (Lipinski definition) is 1. The molecule has 0 atom stereocenters. The van der Waals surface area contributed by atoms with E-state index in [1.807, 2.05) is 0 Å². The molecule has 66 valence electrons. The Morgan fingerprint density at radius 3 is 2.45 bits per heavy atom. The normalized spacial score (nSPS) is 12.6. The molecule has 0 amide bonds. The first-order chi connectivity index (χ1) is 5.20. The lowest BCUT2D eigenvalue weighted by Gasteiger charge is -2.14. The van der Waals surface area contributed by atoms with E-state index in [4.69, 9.17) is 0 Å². The fourth-order valence-electron chi connectivity index (χ4n) is 1.01. The Hall–Kier alpha value is -0.300. The van der Waals surface area contributed by atoms with Crippen LogP contribution in [0.2, 0.25) is 0 Å². The number of rotatable bonds is 5. The minimum Gasteiger partial charge on any atom is -0.306 e. The number of hydrogen-bond donors (Lipinski definition) is 0. The van der Waals surface area contributed by atoms with Crippen LogP contribution in [-0.4, -0.2) is 25.0 Å². The Kier molecular flexibility index (Phi) is 6.24. The van der Waals surface area contributed by atoms with Crippen molar-refractivity contribution in [1.29, 1.82) is 0 Å². The molecule has 11 heavy (non-hydrogen) atoms. The zero-order chi connectivity index (χ0) is 8.69. The van der Waals surface area contributed by atoms with E-state index in [1.165, 1.54) is 31.5 Å². The van der Waals surface area contributed by atoms with Gasteiger partial charge in [-0.2, -0.15) is 0 Å². The second-order valence-electron chi connectivity index (χ2n) is 3.19. The predicted molar refractivity (Wildman–Crippen MR) is 51.8 cm³/mol. The molecule has 0 unspecified atom stereocenters. The molecule has 0 bridgehead atoms. The van der Waals surface area contributed by atoms with Gasteiger partial charge in [0.05, 0.1) is 0 Å². The summed E-state index contributed by atoms with van der Waals surface area (Å²) in [6.45, 7) is 8.94. The van der Waals surface area contributed by atoms with E-state index in [0.29, 0.717) is 0 Å². The molecule has 1 nitrogen and oxygen atoms in total. The van der Waals surface area contributed by atoms with Gasteiger partial charge in [-0.05, 0) is 40.3 Å². The first-order valence-electron chi connectivity index (χ1n) is 4.51. The van der Waals surface area contributed by atoms with Gasteiger partial charge < -0.3 is 4.90 Å². The molecule has 0 rings (SSSR count). The molecule has 0 aliphatic heterocycles. The molecule has 0 fully saturated rings. The highest BCUT2D eigenvalue weighted by atomic mass is 15.1. The van der Waals surface area contributed by atoms with E-state index in [9.17, 15) is 0 Å². The molecule has 0 spiro atoms. The maximum atomic E-state index is 2.38. The summed E-state index contributed by atoms with van der Waals surface area (Å²) in [7, 11) is 2.19. The second kappa shape index (κ2) is 6.41. The van der Waals surface area contributed by atoms with Gasteiger partial charge in [0.25, 0.3) is 0 Å². The lowest BCUT2D eigenvalue weighted by atomic mass is 10.2. The van der Waals surface area contributed by atoms with Crippen LogP contribution in [0.1, 0.15) is 33.6 Å². The molecule has 0 N–H and O–H groups in total. The van der Waals surface area contributed by atoms with E-state index in [0.717, 1.165) is 0 Å². The average Bonchev–Trinajstić information content (AvgIpc) is 2.01. The summed E-state index contributed by atoms with van der Waals surface area (Å²) >= 11 is 0. The van der Waals surface area contributed by atoms with Crippen molar-refractivity contribution in [1.82, 2.24) is 4.90 Å². The zero-order valence-electron chi connectivity index (χ0n) is 8.35. The maximum absolute atomic E-state index is 2.38. The standard InChI is InChI=1S/C10H21N/c1-5-8-11(4)9-7-10(3)6-2/h6H,5,7-9H2,1-4H3. The largest absolute Gasteiger partial charge is 0.306 e. The van der Waals surface area contributed by atoms with Crippen molar-refractivity contribution >= 4 is 0 Å². The van der Waals surface area contributed by atoms with Crippen LogP contribution in [0.3, 0.4) is 0 Å². The first-order valence-corrected chi connectivity index (χ1v) is 4.51. The van der Waals surface area contributed by atoms with Crippen molar-refractivity contribution in [2.45, 2.75) is 33.6 Å². The molecule has 0 aromatic carbocycles. The van der Waals surface area contributed by atoms with Gasteiger partial charge >= 0.3 is 0 Å². The molecule has 1 heteroatoms. The predicted octanol–water partition coefficient (Wildman–Crippen LogP) is 2.68. The maximum Gasteiger partial charge on any atom is 0.00154 e. The van der Waals surface area contributed by atoms with Gasteiger partial charge in [0.15, 0.2) is 0 Å². The molecule has 0 saturated carbocycles. The highest BCUT2D eigenvalue weighted by Gasteiger charge is 1.95. The Morgan fingerprint density at radius 1 is 1.36 bits per heavy atom. The minimum absolute atomic E-state index is 1.20. The molecular weight excluding hydrogens is 134 g/mol. The molecule has 0 aromatic heterocycles. The Morgan fingerprint density at radius 2 is 2.00 bits per heavy atom. The smallest absolute Gasteiger partial charge is 0.00154 e. The van der Waals surface area contributed by atoms with E-state index in [-0.39, 0.29) is 0 Å². The fourth-order valence-corrected chi connectivity index (χ4v) is 1.01.